The summed E-state index contributed by atoms with van der Waals surface area (Å²) in [7, 11) is -0.526. The van der Waals surface area contributed by atoms with Crippen molar-refractivity contribution in [3.8, 4) is 11.1 Å². The van der Waals surface area contributed by atoms with E-state index in [1.807, 2.05) is 42.5 Å². The van der Waals surface area contributed by atoms with Crippen LogP contribution in [-0.2, 0) is 24.8 Å². The number of aliphatic carboxylic acids is 1. The molecular weight excluding hydrogens is 365 g/mol. The van der Waals surface area contributed by atoms with Gasteiger partial charge in [0, 0.05) is 26.7 Å². The quantitative estimate of drug-likeness (QED) is 0.560. The highest BCUT2D eigenvalue weighted by Gasteiger charge is 2.23. The summed E-state index contributed by atoms with van der Waals surface area (Å²) in [6, 6.07) is 18.1. The molecule has 2 aromatic rings. The highest BCUT2D eigenvalue weighted by atomic mass is 31.2. The molecule has 0 bridgehead atoms. The molecule has 0 saturated heterocycles. The second-order valence-electron chi connectivity index (χ2n) is 6.23. The Bertz CT molecular complexity index is 756. The van der Waals surface area contributed by atoms with E-state index in [0.29, 0.717) is 12.8 Å². The Morgan fingerprint density at radius 3 is 2.19 bits per heavy atom. The molecular formula is C20H26NO5P. The third-order valence-electron chi connectivity index (χ3n) is 4.38. The lowest BCUT2D eigenvalue weighted by Gasteiger charge is -2.21. The van der Waals surface area contributed by atoms with E-state index in [4.69, 9.17) is 14.2 Å². The van der Waals surface area contributed by atoms with Gasteiger partial charge in [-0.1, -0.05) is 54.6 Å². The zero-order valence-electron chi connectivity index (χ0n) is 15.6. The topological polar surface area (TPSA) is 84.9 Å². The molecule has 6 nitrogen and oxygen atoms in total. The van der Waals surface area contributed by atoms with Gasteiger partial charge in [-0.2, -0.15) is 0 Å². The molecule has 2 N–H and O–H groups in total. The van der Waals surface area contributed by atoms with Gasteiger partial charge in [-0.3, -0.25) is 9.36 Å². The van der Waals surface area contributed by atoms with E-state index in [1.165, 1.54) is 14.2 Å². The van der Waals surface area contributed by atoms with Crippen LogP contribution < -0.4 is 5.32 Å². The molecule has 7 heteroatoms. The summed E-state index contributed by atoms with van der Waals surface area (Å²) >= 11 is 0. The summed E-state index contributed by atoms with van der Waals surface area (Å²) in [5, 5.41) is 12.1. The Labute approximate surface area is 160 Å². The monoisotopic (exact) mass is 391 g/mol. The minimum Gasteiger partial charge on any atom is -0.481 e. The van der Waals surface area contributed by atoms with Gasteiger partial charge in [0.2, 0.25) is 0 Å². The first kappa shape index (κ1) is 21.3. The Kier molecular flexibility index (Phi) is 8.20. The van der Waals surface area contributed by atoms with Crippen LogP contribution in [0.3, 0.4) is 0 Å². The summed E-state index contributed by atoms with van der Waals surface area (Å²) in [5.41, 5.74) is 3.34. The average Bonchev–Trinajstić information content (AvgIpc) is 2.71. The van der Waals surface area contributed by atoms with Crippen LogP contribution in [0.25, 0.3) is 11.1 Å². The van der Waals surface area contributed by atoms with Crippen LogP contribution in [0.1, 0.15) is 18.4 Å². The molecule has 1 unspecified atom stereocenters. The maximum absolute atomic E-state index is 12.2. The Hall–Kier alpha value is -1.98. The maximum atomic E-state index is 12.2. The number of carbonyl (C=O) groups is 1. The minimum absolute atomic E-state index is 0.0318. The van der Waals surface area contributed by atoms with E-state index in [9.17, 15) is 9.36 Å². The normalized spacial score (nSPS) is 12.7. The Morgan fingerprint density at radius 1 is 1.04 bits per heavy atom. The first-order valence-electron chi connectivity index (χ1n) is 8.76. The van der Waals surface area contributed by atoms with E-state index >= 15 is 0 Å². The highest BCUT2D eigenvalue weighted by molar-refractivity contribution is 7.53. The van der Waals surface area contributed by atoms with Crippen LogP contribution in [0.4, 0.5) is 0 Å². The number of rotatable bonds is 11. The van der Waals surface area contributed by atoms with Gasteiger partial charge in [0.25, 0.3) is 0 Å². The fourth-order valence-corrected chi connectivity index (χ4v) is 3.66. The van der Waals surface area contributed by atoms with Crippen molar-refractivity contribution in [3.63, 3.8) is 0 Å². The fourth-order valence-electron chi connectivity index (χ4n) is 2.77. The first-order chi connectivity index (χ1) is 13.0. The number of carboxylic acids is 1. The lowest BCUT2D eigenvalue weighted by molar-refractivity contribution is -0.137. The zero-order valence-corrected chi connectivity index (χ0v) is 16.5. The number of carboxylic acid groups (broad SMARTS) is 1. The van der Waals surface area contributed by atoms with Crippen LogP contribution >= 0.6 is 7.60 Å². The molecule has 0 aromatic heterocycles. The molecule has 0 spiro atoms. The van der Waals surface area contributed by atoms with Gasteiger partial charge in [-0.15, -0.1) is 0 Å². The molecule has 0 aliphatic carbocycles. The molecule has 1 atom stereocenters. The van der Waals surface area contributed by atoms with Crippen LogP contribution in [0.5, 0.6) is 0 Å². The molecule has 27 heavy (non-hydrogen) atoms. The minimum atomic E-state index is -3.19. The lowest BCUT2D eigenvalue weighted by Crippen LogP contribution is -2.33. The molecule has 0 heterocycles. The molecule has 0 amide bonds. The SMILES string of the molecule is COP(=O)(CNC(CCC(=O)O)Cc1ccc(-c2ccccc2)cc1)OC. The smallest absolute Gasteiger partial charge is 0.343 e. The summed E-state index contributed by atoms with van der Waals surface area (Å²) in [6.07, 6.45) is 1.11. The Morgan fingerprint density at radius 2 is 1.63 bits per heavy atom. The number of hydrogen-bond acceptors (Lipinski definition) is 5. The lowest BCUT2D eigenvalue weighted by atomic mass is 9.99. The van der Waals surface area contributed by atoms with Crippen LogP contribution in [0, 0.1) is 0 Å². The van der Waals surface area contributed by atoms with E-state index in [2.05, 4.69) is 17.4 Å². The van der Waals surface area contributed by atoms with Gasteiger partial charge in [-0.05, 0) is 29.5 Å². The molecule has 0 aliphatic rings. The fraction of sp³-hybridized carbons (Fsp3) is 0.350. The predicted octanol–water partition coefficient (Wildman–Crippen LogP) is 4.16. The average molecular weight is 391 g/mol. The third kappa shape index (κ3) is 6.92. The number of hydrogen-bond donors (Lipinski definition) is 2. The zero-order chi connectivity index (χ0) is 19.7. The molecule has 0 radical (unpaired) electrons. The van der Waals surface area contributed by atoms with E-state index in [-0.39, 0.29) is 18.7 Å². The summed E-state index contributed by atoms with van der Waals surface area (Å²) in [5.74, 6) is -0.858. The van der Waals surface area contributed by atoms with Crippen molar-refractivity contribution in [1.82, 2.24) is 5.32 Å². The molecule has 2 aromatic carbocycles. The van der Waals surface area contributed by atoms with Gasteiger partial charge >= 0.3 is 13.6 Å². The van der Waals surface area contributed by atoms with Crippen molar-refractivity contribution in [2.24, 2.45) is 0 Å². The maximum Gasteiger partial charge on any atom is 0.343 e. The van der Waals surface area contributed by atoms with Crippen LogP contribution in [0.2, 0.25) is 0 Å². The van der Waals surface area contributed by atoms with E-state index in [0.717, 1.165) is 16.7 Å². The van der Waals surface area contributed by atoms with Gasteiger partial charge in [0.1, 0.15) is 0 Å². The van der Waals surface area contributed by atoms with Crippen molar-refractivity contribution in [2.75, 3.05) is 20.5 Å². The van der Waals surface area contributed by atoms with Crippen LogP contribution in [-0.4, -0.2) is 37.6 Å². The molecule has 0 saturated carbocycles. The molecule has 146 valence electrons. The van der Waals surface area contributed by atoms with E-state index < -0.39 is 13.6 Å². The number of benzene rings is 2. The van der Waals surface area contributed by atoms with Gasteiger partial charge < -0.3 is 19.5 Å². The number of nitrogens with one attached hydrogen (secondary N) is 1. The second kappa shape index (κ2) is 10.4. The second-order valence-corrected chi connectivity index (χ2v) is 8.50. The summed E-state index contributed by atoms with van der Waals surface area (Å²) < 4.78 is 22.1. The van der Waals surface area contributed by atoms with Crippen molar-refractivity contribution in [2.45, 2.75) is 25.3 Å². The standard InChI is InChI=1S/C20H26NO5P/c1-25-27(24,26-2)15-21-19(12-13-20(22)23)14-16-8-10-18(11-9-16)17-6-4-3-5-7-17/h3-11,19,21H,12-15H2,1-2H3,(H,22,23). The van der Waals surface area contributed by atoms with E-state index in [1.54, 1.807) is 0 Å². The van der Waals surface area contributed by atoms with Crippen LogP contribution in [0.15, 0.2) is 54.6 Å². The van der Waals surface area contributed by atoms with Gasteiger partial charge in [-0.25, -0.2) is 0 Å². The van der Waals surface area contributed by atoms with Crippen molar-refractivity contribution in [3.05, 3.63) is 60.2 Å². The Balaban J connectivity index is 2.05. The van der Waals surface area contributed by atoms with Crippen molar-refractivity contribution in [1.29, 1.82) is 0 Å². The largest absolute Gasteiger partial charge is 0.481 e. The molecule has 2 rings (SSSR count). The first-order valence-corrected chi connectivity index (χ1v) is 10.5. The van der Waals surface area contributed by atoms with Crippen molar-refractivity contribution >= 4 is 13.6 Å². The molecule has 0 fully saturated rings. The predicted molar refractivity (Wildman–Crippen MR) is 106 cm³/mol. The summed E-state index contributed by atoms with van der Waals surface area (Å²) in [6.45, 7) is 0. The third-order valence-corrected chi connectivity index (χ3v) is 6.06. The summed E-state index contributed by atoms with van der Waals surface area (Å²) in [4.78, 5) is 10.9. The van der Waals surface area contributed by atoms with Gasteiger partial charge in [0.15, 0.2) is 0 Å². The van der Waals surface area contributed by atoms with Crippen molar-refractivity contribution < 1.29 is 23.5 Å². The van der Waals surface area contributed by atoms with Gasteiger partial charge in [0.05, 0.1) is 6.29 Å². The highest BCUT2D eigenvalue weighted by Crippen LogP contribution is 2.45. The molecule has 0 aliphatic heterocycles.